The van der Waals surface area contributed by atoms with Crippen molar-refractivity contribution >= 4 is 15.5 Å². The molecule has 0 saturated carbocycles. The van der Waals surface area contributed by atoms with E-state index in [-0.39, 0.29) is 0 Å². The molecule has 0 aromatic rings. The van der Waals surface area contributed by atoms with Crippen molar-refractivity contribution in [3.63, 3.8) is 0 Å². The summed E-state index contributed by atoms with van der Waals surface area (Å²) >= 11 is 0. The molecular formula is C10H20O4Si. The van der Waals surface area contributed by atoms with Gasteiger partial charge >= 0.3 is 15.5 Å². The van der Waals surface area contributed by atoms with Gasteiger partial charge in [0.15, 0.2) is 0 Å². The highest BCUT2D eigenvalue weighted by Gasteiger charge is 2.20. The smallest absolute Gasteiger partial charge is 0.472 e. The lowest BCUT2D eigenvalue weighted by atomic mass is 10.2. The molecule has 88 valence electrons. The highest BCUT2D eigenvalue weighted by molar-refractivity contribution is 6.39. The Kier molecular flexibility index (Phi) is 8.26. The zero-order chi connectivity index (χ0) is 11.7. The van der Waals surface area contributed by atoms with Crippen molar-refractivity contribution in [1.82, 2.24) is 0 Å². The van der Waals surface area contributed by atoms with E-state index < -0.39 is 15.5 Å². The first-order chi connectivity index (χ1) is 7.15. The molecule has 0 aliphatic rings. The summed E-state index contributed by atoms with van der Waals surface area (Å²) in [5, 5.41) is 0. The fourth-order valence-corrected chi connectivity index (χ4v) is 2.08. The van der Waals surface area contributed by atoms with E-state index in [4.69, 9.17) is 13.3 Å². The van der Waals surface area contributed by atoms with Gasteiger partial charge in [-0.2, -0.15) is 0 Å². The molecule has 0 aromatic heterocycles. The molecule has 0 aromatic carbocycles. The van der Waals surface area contributed by atoms with E-state index >= 15 is 0 Å². The molecule has 0 saturated heterocycles. The summed E-state index contributed by atoms with van der Waals surface area (Å²) in [6.07, 6.45) is 1.53. The Balaban J connectivity index is 4.03. The lowest BCUT2D eigenvalue weighted by Gasteiger charge is -2.15. The van der Waals surface area contributed by atoms with Gasteiger partial charge in [0.2, 0.25) is 0 Å². The van der Waals surface area contributed by atoms with Crippen LogP contribution in [0, 0.1) is 0 Å². The van der Waals surface area contributed by atoms with Crippen molar-refractivity contribution in [3.05, 3.63) is 12.2 Å². The van der Waals surface area contributed by atoms with Crippen LogP contribution in [0.5, 0.6) is 0 Å². The number of rotatable bonds is 8. The molecule has 0 bridgehead atoms. The summed E-state index contributed by atoms with van der Waals surface area (Å²) in [4.78, 5) is 11.4. The van der Waals surface area contributed by atoms with Gasteiger partial charge in [-0.25, -0.2) is 4.79 Å². The Labute approximate surface area is 93.2 Å². The Morgan fingerprint density at radius 3 is 2.13 bits per heavy atom. The monoisotopic (exact) mass is 232 g/mol. The molecule has 0 fully saturated rings. The quantitative estimate of drug-likeness (QED) is 0.472. The molecule has 0 rings (SSSR count). The van der Waals surface area contributed by atoms with Crippen molar-refractivity contribution in [2.75, 3.05) is 13.2 Å². The third-order valence-electron chi connectivity index (χ3n) is 1.65. The summed E-state index contributed by atoms with van der Waals surface area (Å²) in [7, 11) is -2.28. The van der Waals surface area contributed by atoms with Gasteiger partial charge in [0.1, 0.15) is 0 Å². The Hall–Kier alpha value is -0.653. The molecule has 0 atom stereocenters. The van der Waals surface area contributed by atoms with Gasteiger partial charge in [0.25, 0.3) is 0 Å². The molecule has 0 aliphatic heterocycles. The highest BCUT2D eigenvalue weighted by Crippen LogP contribution is 2.06. The molecule has 15 heavy (non-hydrogen) atoms. The van der Waals surface area contributed by atoms with Crippen LogP contribution in [0.4, 0.5) is 0 Å². The standard InChI is InChI=1S/C10H20O4Si/c1-5-8-9(4)10(11)14-15(12-6-2)13-7-3/h15H,4-8H2,1-3H3. The van der Waals surface area contributed by atoms with Gasteiger partial charge in [0.05, 0.1) is 0 Å². The van der Waals surface area contributed by atoms with Crippen LogP contribution in [0.25, 0.3) is 0 Å². The normalized spacial score (nSPS) is 10.4. The van der Waals surface area contributed by atoms with E-state index in [2.05, 4.69) is 6.58 Å². The van der Waals surface area contributed by atoms with E-state index in [0.29, 0.717) is 25.2 Å². The lowest BCUT2D eigenvalue weighted by molar-refractivity contribution is -0.133. The summed E-state index contributed by atoms with van der Waals surface area (Å²) in [5.41, 5.74) is 0.481. The Morgan fingerprint density at radius 1 is 1.20 bits per heavy atom. The maximum atomic E-state index is 11.4. The van der Waals surface area contributed by atoms with Crippen molar-refractivity contribution in [3.8, 4) is 0 Å². The van der Waals surface area contributed by atoms with Crippen LogP contribution in [-0.4, -0.2) is 28.7 Å². The predicted molar refractivity (Wildman–Crippen MR) is 60.5 cm³/mol. The third-order valence-corrected chi connectivity index (χ3v) is 3.27. The second-order valence-electron chi connectivity index (χ2n) is 2.96. The summed E-state index contributed by atoms with van der Waals surface area (Å²) in [6, 6.07) is 0. The van der Waals surface area contributed by atoms with Gasteiger partial charge in [-0.3, -0.25) is 0 Å². The predicted octanol–water partition coefficient (Wildman–Crippen LogP) is 1.68. The molecule has 0 aliphatic carbocycles. The van der Waals surface area contributed by atoms with Crippen LogP contribution < -0.4 is 0 Å². The van der Waals surface area contributed by atoms with Crippen LogP contribution in [0.15, 0.2) is 12.2 Å². The minimum Gasteiger partial charge on any atom is -0.472 e. The molecule has 4 nitrogen and oxygen atoms in total. The largest absolute Gasteiger partial charge is 0.551 e. The van der Waals surface area contributed by atoms with Crippen molar-refractivity contribution in [2.24, 2.45) is 0 Å². The van der Waals surface area contributed by atoms with E-state index in [0.717, 1.165) is 6.42 Å². The van der Waals surface area contributed by atoms with Crippen LogP contribution >= 0.6 is 0 Å². The van der Waals surface area contributed by atoms with Crippen LogP contribution in [-0.2, 0) is 18.1 Å². The number of hydrogen-bond donors (Lipinski definition) is 0. The topological polar surface area (TPSA) is 44.8 Å². The maximum absolute atomic E-state index is 11.4. The van der Waals surface area contributed by atoms with Crippen LogP contribution in [0.3, 0.4) is 0 Å². The minimum atomic E-state index is -2.28. The zero-order valence-electron chi connectivity index (χ0n) is 9.75. The fourth-order valence-electron chi connectivity index (χ4n) is 0.963. The van der Waals surface area contributed by atoms with E-state index in [1.807, 2.05) is 20.8 Å². The molecule has 0 unspecified atom stereocenters. The van der Waals surface area contributed by atoms with E-state index in [1.165, 1.54) is 0 Å². The van der Waals surface area contributed by atoms with Crippen molar-refractivity contribution in [2.45, 2.75) is 33.6 Å². The molecule has 0 heterocycles. The summed E-state index contributed by atoms with van der Waals surface area (Å²) < 4.78 is 15.5. The fraction of sp³-hybridized carbons (Fsp3) is 0.700. The van der Waals surface area contributed by atoms with Crippen molar-refractivity contribution in [1.29, 1.82) is 0 Å². The second kappa shape index (κ2) is 8.64. The molecule has 0 N–H and O–H groups in total. The van der Waals surface area contributed by atoms with Gasteiger partial charge in [-0.15, -0.1) is 0 Å². The van der Waals surface area contributed by atoms with Gasteiger partial charge < -0.3 is 13.3 Å². The number of carbonyl (C=O) groups excluding carboxylic acids is 1. The Bertz CT molecular complexity index is 200. The van der Waals surface area contributed by atoms with Gasteiger partial charge in [-0.1, -0.05) is 19.9 Å². The second-order valence-corrected chi connectivity index (χ2v) is 4.44. The molecule has 5 heteroatoms. The molecular weight excluding hydrogens is 212 g/mol. The maximum Gasteiger partial charge on any atom is 0.551 e. The lowest BCUT2D eigenvalue weighted by Crippen LogP contribution is -2.30. The highest BCUT2D eigenvalue weighted by atomic mass is 28.3. The van der Waals surface area contributed by atoms with Crippen LogP contribution in [0.2, 0.25) is 0 Å². The molecule has 0 amide bonds. The first-order valence-corrected chi connectivity index (χ1v) is 6.69. The van der Waals surface area contributed by atoms with E-state index in [9.17, 15) is 4.79 Å². The SMILES string of the molecule is C=C(CCC)C(=O)O[SiH](OCC)OCC. The van der Waals surface area contributed by atoms with Crippen molar-refractivity contribution < 1.29 is 18.1 Å². The molecule has 0 spiro atoms. The molecule has 0 radical (unpaired) electrons. The summed E-state index contributed by atoms with van der Waals surface area (Å²) in [5.74, 6) is -0.393. The first kappa shape index (κ1) is 14.3. The van der Waals surface area contributed by atoms with Gasteiger partial charge in [-0.05, 0) is 20.3 Å². The Morgan fingerprint density at radius 2 is 1.73 bits per heavy atom. The minimum absolute atomic E-state index is 0.393. The van der Waals surface area contributed by atoms with Gasteiger partial charge in [0, 0.05) is 18.8 Å². The van der Waals surface area contributed by atoms with E-state index in [1.54, 1.807) is 0 Å². The van der Waals surface area contributed by atoms with Crippen LogP contribution in [0.1, 0.15) is 33.6 Å². The average molecular weight is 232 g/mol. The zero-order valence-corrected chi connectivity index (χ0v) is 10.9. The number of carbonyl (C=O) groups is 1. The third kappa shape index (κ3) is 6.43. The number of hydrogen-bond acceptors (Lipinski definition) is 4. The average Bonchev–Trinajstić information content (AvgIpc) is 2.18. The summed E-state index contributed by atoms with van der Waals surface area (Å²) in [6.45, 7) is 10.3. The first-order valence-electron chi connectivity index (χ1n) is 5.27.